The molecule has 20 heavy (non-hydrogen) atoms. The third kappa shape index (κ3) is 4.72. The predicted octanol–water partition coefficient (Wildman–Crippen LogP) is 0.271. The Kier molecular flexibility index (Phi) is 6.26. The van der Waals surface area contributed by atoms with E-state index in [0.717, 1.165) is 45.6 Å². The van der Waals surface area contributed by atoms with Gasteiger partial charge in [-0.15, -0.1) is 0 Å². The first-order valence-corrected chi connectivity index (χ1v) is 8.12. The maximum atomic E-state index is 12.1. The third-order valence-electron chi connectivity index (χ3n) is 4.68. The Bertz CT molecular complexity index is 302. The molecule has 2 fully saturated rings. The van der Waals surface area contributed by atoms with Gasteiger partial charge >= 0.3 is 0 Å². The molecule has 116 valence electrons. The molecule has 1 atom stereocenters. The SMILES string of the molecule is CCN1CCC(NC(=O)CN2CCCC(NC)C2)CC1. The van der Waals surface area contributed by atoms with Crippen molar-refractivity contribution >= 4 is 5.91 Å². The van der Waals surface area contributed by atoms with Crippen molar-refractivity contribution in [3.05, 3.63) is 0 Å². The van der Waals surface area contributed by atoms with Crippen molar-refractivity contribution in [3.63, 3.8) is 0 Å². The van der Waals surface area contributed by atoms with Crippen molar-refractivity contribution in [3.8, 4) is 0 Å². The summed E-state index contributed by atoms with van der Waals surface area (Å²) in [6.45, 7) is 8.18. The summed E-state index contributed by atoms with van der Waals surface area (Å²) in [5.41, 5.74) is 0. The molecule has 2 aliphatic rings. The number of likely N-dealkylation sites (tertiary alicyclic amines) is 2. The zero-order chi connectivity index (χ0) is 14.4. The number of carbonyl (C=O) groups is 1. The maximum absolute atomic E-state index is 12.1. The number of carbonyl (C=O) groups excluding carboxylic acids is 1. The average Bonchev–Trinajstić information content (AvgIpc) is 2.48. The molecule has 0 saturated carbocycles. The first-order chi connectivity index (χ1) is 9.71. The lowest BCUT2D eigenvalue weighted by Gasteiger charge is -2.34. The number of hydrogen-bond donors (Lipinski definition) is 2. The van der Waals surface area contributed by atoms with Crippen LogP contribution in [0, 0.1) is 0 Å². The minimum Gasteiger partial charge on any atom is -0.352 e. The van der Waals surface area contributed by atoms with Gasteiger partial charge in [0.15, 0.2) is 0 Å². The van der Waals surface area contributed by atoms with Crippen LogP contribution in [0.4, 0.5) is 0 Å². The number of nitrogens with one attached hydrogen (secondary N) is 2. The first-order valence-electron chi connectivity index (χ1n) is 8.12. The van der Waals surface area contributed by atoms with Gasteiger partial charge in [0.1, 0.15) is 0 Å². The molecule has 2 rings (SSSR count). The Labute approximate surface area is 123 Å². The molecular weight excluding hydrogens is 252 g/mol. The van der Waals surface area contributed by atoms with Gasteiger partial charge in [-0.2, -0.15) is 0 Å². The highest BCUT2D eigenvalue weighted by molar-refractivity contribution is 5.78. The van der Waals surface area contributed by atoms with Crippen LogP contribution >= 0.6 is 0 Å². The van der Waals surface area contributed by atoms with Crippen LogP contribution in [-0.2, 0) is 4.79 Å². The van der Waals surface area contributed by atoms with E-state index < -0.39 is 0 Å². The van der Waals surface area contributed by atoms with Gasteiger partial charge in [-0.1, -0.05) is 6.92 Å². The third-order valence-corrected chi connectivity index (χ3v) is 4.68. The highest BCUT2D eigenvalue weighted by atomic mass is 16.2. The first kappa shape index (κ1) is 15.7. The Morgan fingerprint density at radius 3 is 2.50 bits per heavy atom. The summed E-state index contributed by atoms with van der Waals surface area (Å²) < 4.78 is 0. The zero-order valence-corrected chi connectivity index (χ0v) is 13.0. The fraction of sp³-hybridized carbons (Fsp3) is 0.933. The van der Waals surface area contributed by atoms with Gasteiger partial charge < -0.3 is 15.5 Å². The molecule has 2 saturated heterocycles. The summed E-state index contributed by atoms with van der Waals surface area (Å²) in [7, 11) is 2.01. The topological polar surface area (TPSA) is 47.6 Å². The van der Waals surface area contributed by atoms with Crippen LogP contribution in [0.5, 0.6) is 0 Å². The highest BCUT2D eigenvalue weighted by Crippen LogP contribution is 2.11. The van der Waals surface area contributed by atoms with Gasteiger partial charge in [0.25, 0.3) is 0 Å². The minimum atomic E-state index is 0.205. The van der Waals surface area contributed by atoms with Crippen LogP contribution in [0.3, 0.4) is 0 Å². The summed E-state index contributed by atoms with van der Waals surface area (Å²) in [6, 6.07) is 0.930. The molecule has 2 N–H and O–H groups in total. The van der Waals surface area contributed by atoms with Crippen molar-refractivity contribution in [1.29, 1.82) is 0 Å². The molecule has 0 aliphatic carbocycles. The summed E-state index contributed by atoms with van der Waals surface area (Å²) in [6.07, 6.45) is 4.61. The molecule has 2 aliphatic heterocycles. The Hall–Kier alpha value is -0.650. The molecule has 5 heteroatoms. The monoisotopic (exact) mass is 282 g/mol. The molecule has 1 unspecified atom stereocenters. The fourth-order valence-corrected chi connectivity index (χ4v) is 3.30. The van der Waals surface area contributed by atoms with Gasteiger partial charge in [0, 0.05) is 31.7 Å². The van der Waals surface area contributed by atoms with Crippen LogP contribution in [0.1, 0.15) is 32.6 Å². The second-order valence-corrected chi connectivity index (χ2v) is 6.14. The number of piperidine rings is 2. The summed E-state index contributed by atoms with van der Waals surface area (Å²) in [4.78, 5) is 16.9. The Morgan fingerprint density at radius 1 is 1.10 bits per heavy atom. The molecule has 1 amide bonds. The average molecular weight is 282 g/mol. The lowest BCUT2D eigenvalue weighted by atomic mass is 10.0. The van der Waals surface area contributed by atoms with E-state index >= 15 is 0 Å². The van der Waals surface area contributed by atoms with E-state index in [2.05, 4.69) is 27.4 Å². The van der Waals surface area contributed by atoms with Gasteiger partial charge in [-0.3, -0.25) is 9.69 Å². The molecule has 0 radical (unpaired) electrons. The van der Waals surface area contributed by atoms with Crippen LogP contribution in [0.2, 0.25) is 0 Å². The standard InChI is InChI=1S/C15H30N4O/c1-3-18-9-6-13(7-10-18)17-15(20)12-19-8-4-5-14(11-19)16-2/h13-14,16H,3-12H2,1-2H3,(H,17,20). The van der Waals surface area contributed by atoms with Crippen molar-refractivity contribution in [2.45, 2.75) is 44.7 Å². The normalized spacial score (nSPS) is 26.6. The number of nitrogens with zero attached hydrogens (tertiary/aromatic N) is 2. The van der Waals surface area contributed by atoms with Crippen LogP contribution in [0.25, 0.3) is 0 Å². The van der Waals surface area contributed by atoms with E-state index in [4.69, 9.17) is 0 Å². The zero-order valence-electron chi connectivity index (χ0n) is 13.0. The van der Waals surface area contributed by atoms with E-state index in [1.54, 1.807) is 0 Å². The number of hydrogen-bond acceptors (Lipinski definition) is 4. The smallest absolute Gasteiger partial charge is 0.234 e. The van der Waals surface area contributed by atoms with E-state index in [-0.39, 0.29) is 5.91 Å². The quantitative estimate of drug-likeness (QED) is 0.760. The molecule has 2 heterocycles. The van der Waals surface area contributed by atoms with Crippen molar-refractivity contribution in [2.75, 3.05) is 46.3 Å². The number of rotatable bonds is 5. The van der Waals surface area contributed by atoms with E-state index in [1.165, 1.54) is 12.8 Å². The molecular formula is C15H30N4O. The van der Waals surface area contributed by atoms with E-state index in [0.29, 0.717) is 18.6 Å². The second kappa shape index (κ2) is 7.96. The summed E-state index contributed by atoms with van der Waals surface area (Å²) in [5, 5.41) is 6.54. The largest absolute Gasteiger partial charge is 0.352 e. The van der Waals surface area contributed by atoms with E-state index in [1.807, 2.05) is 7.05 Å². The second-order valence-electron chi connectivity index (χ2n) is 6.14. The van der Waals surface area contributed by atoms with Gasteiger partial charge in [0.2, 0.25) is 5.91 Å². The van der Waals surface area contributed by atoms with Crippen LogP contribution in [0.15, 0.2) is 0 Å². The molecule has 5 nitrogen and oxygen atoms in total. The van der Waals surface area contributed by atoms with Crippen LogP contribution in [-0.4, -0.2) is 74.1 Å². The lowest BCUT2D eigenvalue weighted by molar-refractivity contribution is -0.123. The number of likely N-dealkylation sites (N-methyl/N-ethyl adjacent to an activating group) is 1. The Balaban J connectivity index is 1.67. The number of amides is 1. The molecule has 0 spiro atoms. The van der Waals surface area contributed by atoms with Gasteiger partial charge in [0.05, 0.1) is 6.54 Å². The lowest BCUT2D eigenvalue weighted by Crippen LogP contribution is -2.50. The molecule has 0 bridgehead atoms. The van der Waals surface area contributed by atoms with Crippen molar-refractivity contribution < 1.29 is 4.79 Å². The minimum absolute atomic E-state index is 0.205. The van der Waals surface area contributed by atoms with Gasteiger partial charge in [-0.05, 0) is 45.8 Å². The van der Waals surface area contributed by atoms with Crippen molar-refractivity contribution in [2.24, 2.45) is 0 Å². The molecule has 0 aromatic heterocycles. The predicted molar refractivity (Wildman–Crippen MR) is 81.8 cm³/mol. The van der Waals surface area contributed by atoms with Gasteiger partial charge in [-0.25, -0.2) is 0 Å². The molecule has 0 aromatic rings. The van der Waals surface area contributed by atoms with Crippen molar-refractivity contribution in [1.82, 2.24) is 20.4 Å². The summed E-state index contributed by atoms with van der Waals surface area (Å²) >= 11 is 0. The maximum Gasteiger partial charge on any atom is 0.234 e. The van der Waals surface area contributed by atoms with Crippen LogP contribution < -0.4 is 10.6 Å². The summed E-state index contributed by atoms with van der Waals surface area (Å²) in [5.74, 6) is 0.205. The molecule has 0 aromatic carbocycles. The highest BCUT2D eigenvalue weighted by Gasteiger charge is 2.23. The Morgan fingerprint density at radius 2 is 1.85 bits per heavy atom. The van der Waals surface area contributed by atoms with E-state index in [9.17, 15) is 4.79 Å². The fourth-order valence-electron chi connectivity index (χ4n) is 3.30.